The molecule has 0 saturated carbocycles. The number of likely N-dealkylation sites (N-methyl/N-ethyl adjacent to an activating group) is 1. The highest BCUT2D eigenvalue weighted by atomic mass is 35.5. The van der Waals surface area contributed by atoms with Crippen LogP contribution in [0.1, 0.15) is 12.0 Å². The van der Waals surface area contributed by atoms with E-state index in [1.807, 2.05) is 19.2 Å². The van der Waals surface area contributed by atoms with Crippen LogP contribution in [0.3, 0.4) is 0 Å². The topological polar surface area (TPSA) is 24.9 Å². The van der Waals surface area contributed by atoms with Crippen LogP contribution in [0.5, 0.6) is 0 Å². The Kier molecular flexibility index (Phi) is 4.63. The van der Waals surface area contributed by atoms with E-state index in [1.165, 1.54) is 0 Å². The third-order valence-electron chi connectivity index (χ3n) is 2.18. The Morgan fingerprint density at radius 3 is 3.07 bits per heavy atom. The Morgan fingerprint density at radius 1 is 1.71 bits per heavy atom. The van der Waals surface area contributed by atoms with E-state index in [-0.39, 0.29) is 0 Å². The van der Waals surface area contributed by atoms with Gasteiger partial charge in [-0.1, -0.05) is 17.7 Å². The lowest BCUT2D eigenvalue weighted by atomic mass is 10.0. The van der Waals surface area contributed by atoms with Gasteiger partial charge in [0.1, 0.15) is 0 Å². The van der Waals surface area contributed by atoms with Crippen LogP contribution >= 0.6 is 11.6 Å². The second-order valence-corrected chi connectivity index (χ2v) is 3.59. The highest BCUT2D eigenvalue weighted by Gasteiger charge is 2.07. The average Bonchev–Trinajstić information content (AvgIpc) is 2.20. The standard InChI is InChI=1S/C11H15ClN2/c1-3-4-10(13-2)7-9-5-6-14-8-11(9)12/h3,5-6,8,10,13H,1,4,7H2,2H3. The molecule has 3 heteroatoms. The fourth-order valence-electron chi connectivity index (χ4n) is 1.34. The average molecular weight is 211 g/mol. The minimum atomic E-state index is 0.396. The first kappa shape index (κ1) is 11.2. The highest BCUT2D eigenvalue weighted by Crippen LogP contribution is 2.16. The molecule has 0 amide bonds. The van der Waals surface area contributed by atoms with Crippen molar-refractivity contribution < 1.29 is 0 Å². The molecular weight excluding hydrogens is 196 g/mol. The third kappa shape index (κ3) is 3.13. The van der Waals surface area contributed by atoms with E-state index in [0.29, 0.717) is 6.04 Å². The molecule has 0 aromatic carbocycles. The van der Waals surface area contributed by atoms with Gasteiger partial charge in [-0.15, -0.1) is 6.58 Å². The van der Waals surface area contributed by atoms with Crippen LogP contribution in [-0.4, -0.2) is 18.1 Å². The molecule has 0 aliphatic rings. The van der Waals surface area contributed by atoms with Crippen molar-refractivity contribution in [2.24, 2.45) is 0 Å². The number of aromatic nitrogens is 1. The van der Waals surface area contributed by atoms with Gasteiger partial charge in [0.2, 0.25) is 0 Å². The van der Waals surface area contributed by atoms with E-state index >= 15 is 0 Å². The van der Waals surface area contributed by atoms with E-state index < -0.39 is 0 Å². The van der Waals surface area contributed by atoms with E-state index in [2.05, 4.69) is 16.9 Å². The first-order valence-electron chi connectivity index (χ1n) is 4.64. The summed E-state index contributed by atoms with van der Waals surface area (Å²) in [6.45, 7) is 3.73. The number of hydrogen-bond donors (Lipinski definition) is 1. The smallest absolute Gasteiger partial charge is 0.0621 e. The van der Waals surface area contributed by atoms with Gasteiger partial charge in [0.25, 0.3) is 0 Å². The molecule has 0 fully saturated rings. The van der Waals surface area contributed by atoms with Crippen molar-refractivity contribution in [3.8, 4) is 0 Å². The molecule has 1 N–H and O–H groups in total. The summed E-state index contributed by atoms with van der Waals surface area (Å²) in [7, 11) is 1.95. The molecular formula is C11H15ClN2. The lowest BCUT2D eigenvalue weighted by Crippen LogP contribution is -2.26. The molecule has 0 radical (unpaired) electrons. The molecule has 0 aliphatic heterocycles. The number of rotatable bonds is 5. The number of pyridine rings is 1. The van der Waals surface area contributed by atoms with Gasteiger partial charge in [0.05, 0.1) is 5.02 Å². The summed E-state index contributed by atoms with van der Waals surface area (Å²) in [4.78, 5) is 3.95. The second kappa shape index (κ2) is 5.78. The summed E-state index contributed by atoms with van der Waals surface area (Å²) in [5.74, 6) is 0. The Labute approximate surface area is 90.0 Å². The van der Waals surface area contributed by atoms with Crippen LogP contribution in [-0.2, 0) is 6.42 Å². The van der Waals surface area contributed by atoms with Gasteiger partial charge >= 0.3 is 0 Å². The molecule has 0 bridgehead atoms. The highest BCUT2D eigenvalue weighted by molar-refractivity contribution is 6.31. The summed E-state index contributed by atoms with van der Waals surface area (Å²) in [5, 5.41) is 3.96. The van der Waals surface area contributed by atoms with Crippen LogP contribution in [0, 0.1) is 0 Å². The van der Waals surface area contributed by atoms with Gasteiger partial charge in [0, 0.05) is 18.4 Å². The van der Waals surface area contributed by atoms with Crippen molar-refractivity contribution in [1.82, 2.24) is 10.3 Å². The summed E-state index contributed by atoms with van der Waals surface area (Å²) in [5.41, 5.74) is 1.13. The minimum Gasteiger partial charge on any atom is -0.316 e. The van der Waals surface area contributed by atoms with E-state index in [1.54, 1.807) is 12.4 Å². The Morgan fingerprint density at radius 2 is 2.50 bits per heavy atom. The zero-order valence-corrected chi connectivity index (χ0v) is 9.09. The number of nitrogens with one attached hydrogen (secondary N) is 1. The van der Waals surface area contributed by atoms with Crippen LogP contribution < -0.4 is 5.32 Å². The van der Waals surface area contributed by atoms with E-state index in [9.17, 15) is 0 Å². The van der Waals surface area contributed by atoms with Gasteiger partial charge in [0.15, 0.2) is 0 Å². The SMILES string of the molecule is C=CCC(Cc1ccncc1Cl)NC. The van der Waals surface area contributed by atoms with Gasteiger partial charge in [-0.25, -0.2) is 0 Å². The monoisotopic (exact) mass is 210 g/mol. The van der Waals surface area contributed by atoms with Crippen molar-refractivity contribution in [3.63, 3.8) is 0 Å². The van der Waals surface area contributed by atoms with E-state index in [0.717, 1.165) is 23.4 Å². The summed E-state index contributed by atoms with van der Waals surface area (Å²) < 4.78 is 0. The molecule has 1 unspecified atom stereocenters. The quantitative estimate of drug-likeness (QED) is 0.756. The number of halogens is 1. The number of hydrogen-bond acceptors (Lipinski definition) is 2. The Hall–Kier alpha value is -0.860. The summed E-state index contributed by atoms with van der Waals surface area (Å²) in [6, 6.07) is 2.35. The molecule has 1 rings (SSSR count). The van der Waals surface area contributed by atoms with Gasteiger partial charge < -0.3 is 5.32 Å². The molecule has 76 valence electrons. The lowest BCUT2D eigenvalue weighted by molar-refractivity contribution is 0.566. The second-order valence-electron chi connectivity index (χ2n) is 3.18. The Balaban J connectivity index is 2.66. The van der Waals surface area contributed by atoms with Crippen molar-refractivity contribution in [2.45, 2.75) is 18.9 Å². The Bertz CT molecular complexity index is 299. The lowest BCUT2D eigenvalue weighted by Gasteiger charge is -2.14. The molecule has 0 aliphatic carbocycles. The molecule has 1 aromatic rings. The van der Waals surface area contributed by atoms with Crippen LogP contribution in [0.4, 0.5) is 0 Å². The predicted molar refractivity (Wildman–Crippen MR) is 60.6 cm³/mol. The van der Waals surface area contributed by atoms with Crippen LogP contribution in [0.15, 0.2) is 31.1 Å². The predicted octanol–water partition coefficient (Wildman–Crippen LogP) is 2.44. The maximum Gasteiger partial charge on any atom is 0.0621 e. The maximum atomic E-state index is 6.01. The first-order chi connectivity index (χ1) is 6.77. The fraction of sp³-hybridized carbons (Fsp3) is 0.364. The minimum absolute atomic E-state index is 0.396. The maximum absolute atomic E-state index is 6.01. The van der Waals surface area contributed by atoms with Crippen molar-refractivity contribution >= 4 is 11.6 Å². The fourth-order valence-corrected chi connectivity index (χ4v) is 1.54. The molecule has 1 aromatic heterocycles. The normalized spacial score (nSPS) is 12.4. The van der Waals surface area contributed by atoms with Gasteiger partial charge in [-0.3, -0.25) is 4.98 Å². The largest absolute Gasteiger partial charge is 0.316 e. The zero-order valence-electron chi connectivity index (χ0n) is 8.33. The van der Waals surface area contributed by atoms with E-state index in [4.69, 9.17) is 11.6 Å². The molecule has 0 saturated heterocycles. The molecule has 0 spiro atoms. The third-order valence-corrected chi connectivity index (χ3v) is 2.52. The van der Waals surface area contributed by atoms with Crippen molar-refractivity contribution in [2.75, 3.05) is 7.05 Å². The van der Waals surface area contributed by atoms with Gasteiger partial charge in [-0.2, -0.15) is 0 Å². The first-order valence-corrected chi connectivity index (χ1v) is 5.02. The molecule has 1 atom stereocenters. The van der Waals surface area contributed by atoms with Crippen molar-refractivity contribution in [3.05, 3.63) is 41.7 Å². The molecule has 1 heterocycles. The number of nitrogens with zero attached hydrogens (tertiary/aromatic N) is 1. The van der Waals surface area contributed by atoms with Crippen LogP contribution in [0.25, 0.3) is 0 Å². The molecule has 2 nitrogen and oxygen atoms in total. The molecule has 14 heavy (non-hydrogen) atoms. The summed E-state index contributed by atoms with van der Waals surface area (Å²) >= 11 is 6.01. The van der Waals surface area contributed by atoms with Gasteiger partial charge in [-0.05, 0) is 31.5 Å². The summed E-state index contributed by atoms with van der Waals surface area (Å²) in [6.07, 6.45) is 7.20. The zero-order chi connectivity index (χ0) is 10.4. The van der Waals surface area contributed by atoms with Crippen molar-refractivity contribution in [1.29, 1.82) is 0 Å². The van der Waals surface area contributed by atoms with Crippen LogP contribution in [0.2, 0.25) is 5.02 Å².